The number of allylic oxidation sites excluding steroid dienone is 1. The first-order valence-electron chi connectivity index (χ1n) is 9.61. The molecule has 3 aromatic rings. The van der Waals surface area contributed by atoms with Gasteiger partial charge in [0.25, 0.3) is 5.69 Å². The second-order valence-electron chi connectivity index (χ2n) is 6.66. The van der Waals surface area contributed by atoms with Crippen LogP contribution in [0.3, 0.4) is 0 Å². The Hall–Kier alpha value is -3.70. The van der Waals surface area contributed by atoms with Crippen LogP contribution in [0, 0.1) is 27.3 Å². The highest BCUT2D eigenvalue weighted by atomic mass is 79.9. The third kappa shape index (κ3) is 5.71. The van der Waals surface area contributed by atoms with Crippen molar-refractivity contribution in [2.45, 2.75) is 13.5 Å². The molecule has 0 amide bonds. The maximum absolute atomic E-state index is 13.1. The molecule has 0 radical (unpaired) electrons. The predicted octanol–water partition coefficient (Wildman–Crippen LogP) is 6.54. The average Bonchev–Trinajstić information content (AvgIpc) is 2.78. The van der Waals surface area contributed by atoms with Gasteiger partial charge in [-0.1, -0.05) is 24.3 Å². The zero-order chi connectivity index (χ0) is 23.1. The molecule has 0 bridgehead atoms. The average molecular weight is 497 g/mol. The van der Waals surface area contributed by atoms with Crippen molar-refractivity contribution in [2.24, 2.45) is 0 Å². The number of ether oxygens (including phenoxy) is 2. The van der Waals surface area contributed by atoms with E-state index < -0.39 is 4.92 Å². The molecule has 0 atom stereocenters. The lowest BCUT2D eigenvalue weighted by atomic mass is 10.0. The topological polar surface area (TPSA) is 85.4 Å². The quantitative estimate of drug-likeness (QED) is 0.153. The van der Waals surface area contributed by atoms with Gasteiger partial charge in [0.05, 0.1) is 27.6 Å². The van der Waals surface area contributed by atoms with E-state index in [1.165, 1.54) is 30.3 Å². The maximum atomic E-state index is 13.1. The number of halogens is 2. The summed E-state index contributed by atoms with van der Waals surface area (Å²) >= 11 is 3.49. The van der Waals surface area contributed by atoms with E-state index in [1.54, 1.807) is 36.4 Å². The Kier molecular flexibility index (Phi) is 7.58. The van der Waals surface area contributed by atoms with Crippen molar-refractivity contribution < 1.29 is 18.8 Å². The van der Waals surface area contributed by atoms with E-state index in [2.05, 4.69) is 22.0 Å². The summed E-state index contributed by atoms with van der Waals surface area (Å²) in [7, 11) is 0. The van der Waals surface area contributed by atoms with E-state index in [0.29, 0.717) is 33.7 Å². The van der Waals surface area contributed by atoms with Gasteiger partial charge in [-0.05, 0) is 69.9 Å². The zero-order valence-electron chi connectivity index (χ0n) is 17.0. The molecule has 0 aromatic heterocycles. The van der Waals surface area contributed by atoms with Gasteiger partial charge in [-0.25, -0.2) is 4.39 Å². The van der Waals surface area contributed by atoms with E-state index in [4.69, 9.17) is 9.47 Å². The molecule has 0 fully saturated rings. The number of hydrogen-bond acceptors (Lipinski definition) is 5. The molecule has 162 valence electrons. The third-order valence-corrected chi connectivity index (χ3v) is 5.02. The predicted molar refractivity (Wildman–Crippen MR) is 123 cm³/mol. The van der Waals surface area contributed by atoms with Crippen molar-refractivity contribution in [3.8, 4) is 17.6 Å². The largest absolute Gasteiger partial charge is 0.490 e. The van der Waals surface area contributed by atoms with Crippen LogP contribution in [0.15, 0.2) is 65.1 Å². The van der Waals surface area contributed by atoms with Crippen molar-refractivity contribution in [1.82, 2.24) is 0 Å². The Morgan fingerprint density at radius 2 is 1.94 bits per heavy atom. The van der Waals surface area contributed by atoms with Crippen LogP contribution in [0.1, 0.15) is 23.6 Å². The number of nitriles is 1. The molecule has 0 spiro atoms. The van der Waals surface area contributed by atoms with Gasteiger partial charge in [0.2, 0.25) is 0 Å². The molecular weight excluding hydrogens is 479 g/mol. The van der Waals surface area contributed by atoms with E-state index in [9.17, 15) is 19.8 Å². The lowest BCUT2D eigenvalue weighted by molar-refractivity contribution is -0.384. The van der Waals surface area contributed by atoms with Crippen molar-refractivity contribution in [3.63, 3.8) is 0 Å². The number of nitro benzene ring substituents is 1. The SMILES string of the molecule is CCOc1cc(/C=C(/C#N)c2cccc([N+](=O)[O-])c2)cc(Br)c1OCc1ccc(F)cc1. The number of nitrogens with zero attached hydrogens (tertiary/aromatic N) is 2. The van der Waals surface area contributed by atoms with E-state index in [1.807, 2.05) is 6.92 Å². The summed E-state index contributed by atoms with van der Waals surface area (Å²) in [6.45, 7) is 2.44. The third-order valence-electron chi connectivity index (χ3n) is 4.43. The molecule has 0 saturated carbocycles. The first-order chi connectivity index (χ1) is 15.4. The van der Waals surface area contributed by atoms with Gasteiger partial charge in [0.1, 0.15) is 12.4 Å². The lowest BCUT2D eigenvalue weighted by Gasteiger charge is -2.15. The normalized spacial score (nSPS) is 11.0. The Morgan fingerprint density at radius 3 is 2.59 bits per heavy atom. The monoisotopic (exact) mass is 496 g/mol. The van der Waals surface area contributed by atoms with Gasteiger partial charge in [0, 0.05) is 12.1 Å². The minimum Gasteiger partial charge on any atom is -0.490 e. The summed E-state index contributed by atoms with van der Waals surface area (Å²) in [5.41, 5.74) is 2.06. The number of hydrogen-bond donors (Lipinski definition) is 0. The van der Waals surface area contributed by atoms with Gasteiger partial charge >= 0.3 is 0 Å². The van der Waals surface area contributed by atoms with Gasteiger partial charge in [0.15, 0.2) is 11.5 Å². The Bertz CT molecular complexity index is 1200. The van der Waals surface area contributed by atoms with Crippen LogP contribution in [-0.4, -0.2) is 11.5 Å². The first-order valence-corrected chi connectivity index (χ1v) is 10.4. The van der Waals surface area contributed by atoms with E-state index in [-0.39, 0.29) is 23.7 Å². The highest BCUT2D eigenvalue weighted by Crippen LogP contribution is 2.38. The molecule has 8 heteroatoms. The van der Waals surface area contributed by atoms with Crippen LogP contribution in [0.2, 0.25) is 0 Å². The second kappa shape index (κ2) is 10.6. The second-order valence-corrected chi connectivity index (χ2v) is 7.51. The summed E-state index contributed by atoms with van der Waals surface area (Å²) in [5.74, 6) is 0.617. The molecule has 0 aliphatic carbocycles. The highest BCUT2D eigenvalue weighted by Gasteiger charge is 2.14. The van der Waals surface area contributed by atoms with Crippen molar-refractivity contribution in [3.05, 3.63) is 97.8 Å². The fourth-order valence-corrected chi connectivity index (χ4v) is 3.52. The Balaban J connectivity index is 1.93. The Morgan fingerprint density at radius 1 is 1.19 bits per heavy atom. The van der Waals surface area contributed by atoms with E-state index in [0.717, 1.165) is 5.56 Å². The molecule has 0 aliphatic heterocycles. The van der Waals surface area contributed by atoms with Gasteiger partial charge in [-0.15, -0.1) is 0 Å². The van der Waals surface area contributed by atoms with Crippen LogP contribution >= 0.6 is 15.9 Å². The van der Waals surface area contributed by atoms with Crippen molar-refractivity contribution >= 4 is 33.3 Å². The molecule has 3 aromatic carbocycles. The molecule has 6 nitrogen and oxygen atoms in total. The summed E-state index contributed by atoms with van der Waals surface area (Å²) in [6, 6.07) is 17.5. The molecule has 0 heterocycles. The number of rotatable bonds is 8. The maximum Gasteiger partial charge on any atom is 0.270 e. The van der Waals surface area contributed by atoms with Crippen molar-refractivity contribution in [1.29, 1.82) is 5.26 Å². The van der Waals surface area contributed by atoms with Crippen LogP contribution in [-0.2, 0) is 6.61 Å². The van der Waals surface area contributed by atoms with Gasteiger partial charge in [-0.2, -0.15) is 5.26 Å². The summed E-state index contributed by atoms with van der Waals surface area (Å²) < 4.78 is 25.3. The molecule has 0 saturated heterocycles. The molecule has 0 N–H and O–H groups in total. The van der Waals surface area contributed by atoms with Crippen LogP contribution in [0.25, 0.3) is 11.6 Å². The first kappa shape index (κ1) is 23.0. The fraction of sp³-hybridized carbons (Fsp3) is 0.125. The van der Waals surface area contributed by atoms with Crippen molar-refractivity contribution in [2.75, 3.05) is 6.61 Å². The summed E-state index contributed by atoms with van der Waals surface area (Å²) in [4.78, 5) is 10.5. The van der Waals surface area contributed by atoms with Crippen LogP contribution in [0.4, 0.5) is 10.1 Å². The highest BCUT2D eigenvalue weighted by molar-refractivity contribution is 9.10. The van der Waals surface area contributed by atoms with Gasteiger partial charge < -0.3 is 9.47 Å². The molecule has 0 unspecified atom stereocenters. The van der Waals surface area contributed by atoms with E-state index >= 15 is 0 Å². The fourth-order valence-electron chi connectivity index (χ4n) is 2.94. The summed E-state index contributed by atoms with van der Waals surface area (Å²) in [6.07, 6.45) is 1.62. The standard InChI is InChI=1S/C24H18BrFN2O4/c1-2-31-23-12-17(10-19(14-27)18-4-3-5-21(13-18)28(29)30)11-22(25)24(23)32-15-16-6-8-20(26)9-7-16/h3-13H,2,15H2,1H3/b19-10-. The van der Waals surface area contributed by atoms with Gasteiger partial charge in [-0.3, -0.25) is 10.1 Å². The number of non-ortho nitro benzene ring substituents is 1. The lowest BCUT2D eigenvalue weighted by Crippen LogP contribution is -2.01. The Labute approximate surface area is 192 Å². The minimum absolute atomic E-state index is 0.0932. The smallest absolute Gasteiger partial charge is 0.270 e. The van der Waals surface area contributed by atoms with Crippen LogP contribution < -0.4 is 9.47 Å². The zero-order valence-corrected chi connectivity index (χ0v) is 18.6. The number of nitro groups is 1. The molecule has 32 heavy (non-hydrogen) atoms. The molecule has 0 aliphatic rings. The van der Waals surface area contributed by atoms with Crippen LogP contribution in [0.5, 0.6) is 11.5 Å². The molecule has 3 rings (SSSR count). The molecular formula is C24H18BrFN2O4. The minimum atomic E-state index is -0.504. The number of benzene rings is 3. The summed E-state index contributed by atoms with van der Waals surface area (Å²) in [5, 5.41) is 20.7.